The maximum atomic E-state index is 13.3. The molecule has 4 nitrogen and oxygen atoms in total. The van der Waals surface area contributed by atoms with Gasteiger partial charge in [0.1, 0.15) is 0 Å². The summed E-state index contributed by atoms with van der Waals surface area (Å²) in [6, 6.07) is 0. The lowest BCUT2D eigenvalue weighted by atomic mass is 10.2. The second-order valence-corrected chi connectivity index (χ2v) is 4.75. The first kappa shape index (κ1) is 12.2. The van der Waals surface area contributed by atoms with Gasteiger partial charge >= 0.3 is 0 Å². The van der Waals surface area contributed by atoms with Crippen molar-refractivity contribution in [2.45, 2.75) is 12.8 Å². The van der Waals surface area contributed by atoms with Gasteiger partial charge in [-0.3, -0.25) is 0 Å². The van der Waals surface area contributed by atoms with Gasteiger partial charge in [0.25, 0.3) is 0 Å². The molecule has 0 aromatic carbocycles. The Bertz CT molecular complexity index is 491. The number of hydrogen-bond acceptors (Lipinski definition) is 5. The molecular formula is C10H10ClFN4S. The van der Waals surface area contributed by atoms with E-state index in [4.69, 9.17) is 11.6 Å². The van der Waals surface area contributed by atoms with Gasteiger partial charge in [-0.25, -0.2) is 14.4 Å². The molecule has 90 valence electrons. The van der Waals surface area contributed by atoms with Gasteiger partial charge in [0, 0.05) is 24.0 Å². The lowest BCUT2D eigenvalue weighted by Gasteiger charge is -2.10. The van der Waals surface area contributed by atoms with Gasteiger partial charge in [-0.15, -0.1) is 11.3 Å². The zero-order valence-corrected chi connectivity index (χ0v) is 10.6. The van der Waals surface area contributed by atoms with Gasteiger partial charge in [-0.2, -0.15) is 4.98 Å². The van der Waals surface area contributed by atoms with Gasteiger partial charge in [0.2, 0.25) is 5.28 Å². The third-order valence-electron chi connectivity index (χ3n) is 2.16. The number of aromatic nitrogens is 3. The summed E-state index contributed by atoms with van der Waals surface area (Å²) in [5.41, 5.74) is 0. The Balaban J connectivity index is 2.00. The second kappa shape index (κ2) is 5.37. The predicted molar refractivity (Wildman–Crippen MR) is 66.0 cm³/mol. The molecule has 2 aromatic heterocycles. The summed E-state index contributed by atoms with van der Waals surface area (Å²) >= 11 is 7.16. The largest absolute Gasteiger partial charge is 0.367 e. The highest BCUT2D eigenvalue weighted by atomic mass is 35.5. The van der Waals surface area contributed by atoms with E-state index in [1.165, 1.54) is 0 Å². The number of nitrogens with one attached hydrogen (secondary N) is 1. The molecule has 0 aliphatic carbocycles. The van der Waals surface area contributed by atoms with Crippen LogP contribution in [0.5, 0.6) is 0 Å². The Kier molecular flexibility index (Phi) is 3.86. The van der Waals surface area contributed by atoms with Crippen LogP contribution < -0.4 is 5.32 Å². The van der Waals surface area contributed by atoms with E-state index in [0.29, 0.717) is 6.54 Å². The molecule has 0 aliphatic rings. The smallest absolute Gasteiger partial charge is 0.224 e. The van der Waals surface area contributed by atoms with Crippen LogP contribution in [0.15, 0.2) is 17.8 Å². The molecule has 0 saturated carbocycles. The molecule has 7 heteroatoms. The van der Waals surface area contributed by atoms with Crippen molar-refractivity contribution in [2.75, 3.05) is 11.9 Å². The van der Waals surface area contributed by atoms with Crippen molar-refractivity contribution in [3.8, 4) is 0 Å². The lowest BCUT2D eigenvalue weighted by molar-refractivity contribution is 0.615. The van der Waals surface area contributed by atoms with E-state index in [1.54, 1.807) is 17.5 Å². The van der Waals surface area contributed by atoms with Crippen molar-refractivity contribution in [1.29, 1.82) is 0 Å². The Morgan fingerprint density at radius 2 is 2.35 bits per heavy atom. The van der Waals surface area contributed by atoms with Crippen molar-refractivity contribution in [3.63, 3.8) is 0 Å². The topological polar surface area (TPSA) is 50.7 Å². The Labute approximate surface area is 107 Å². The summed E-state index contributed by atoms with van der Waals surface area (Å²) in [5, 5.41) is 5.83. The quantitative estimate of drug-likeness (QED) is 0.870. The fourth-order valence-electron chi connectivity index (χ4n) is 1.28. The highest BCUT2D eigenvalue weighted by Gasteiger charge is 2.10. The minimum atomic E-state index is -0.513. The van der Waals surface area contributed by atoms with Crippen molar-refractivity contribution >= 4 is 28.8 Å². The van der Waals surface area contributed by atoms with E-state index in [0.717, 1.165) is 11.2 Å². The molecular weight excluding hydrogens is 263 g/mol. The van der Waals surface area contributed by atoms with Crippen LogP contribution in [0.2, 0.25) is 5.28 Å². The first-order valence-electron chi connectivity index (χ1n) is 4.98. The SMILES string of the molecule is CC(CNc1nc(Cl)ncc1F)c1nccs1. The summed E-state index contributed by atoms with van der Waals surface area (Å²) in [6.45, 7) is 2.55. The fraction of sp³-hybridized carbons (Fsp3) is 0.300. The van der Waals surface area contributed by atoms with Gasteiger partial charge in [0.15, 0.2) is 11.6 Å². The van der Waals surface area contributed by atoms with Crippen LogP contribution >= 0.6 is 22.9 Å². The third kappa shape index (κ3) is 3.10. The van der Waals surface area contributed by atoms with Crippen LogP contribution in [-0.2, 0) is 0 Å². The molecule has 1 atom stereocenters. The van der Waals surface area contributed by atoms with Crippen LogP contribution in [0.4, 0.5) is 10.2 Å². The van der Waals surface area contributed by atoms with Crippen molar-refractivity contribution in [2.24, 2.45) is 0 Å². The van der Waals surface area contributed by atoms with E-state index in [9.17, 15) is 4.39 Å². The molecule has 2 rings (SSSR count). The second-order valence-electron chi connectivity index (χ2n) is 3.49. The average Bonchev–Trinajstić information content (AvgIpc) is 2.83. The maximum Gasteiger partial charge on any atom is 0.224 e. The number of thiazole rings is 1. The van der Waals surface area contributed by atoms with Crippen LogP contribution in [0.1, 0.15) is 17.8 Å². The molecule has 0 aliphatic heterocycles. The van der Waals surface area contributed by atoms with E-state index in [-0.39, 0.29) is 17.0 Å². The molecule has 0 amide bonds. The Morgan fingerprint density at radius 1 is 1.53 bits per heavy atom. The number of nitrogens with zero attached hydrogens (tertiary/aromatic N) is 3. The molecule has 0 radical (unpaired) electrons. The fourth-order valence-corrected chi connectivity index (χ4v) is 2.12. The van der Waals surface area contributed by atoms with Crippen molar-refractivity contribution in [1.82, 2.24) is 15.0 Å². The number of anilines is 1. The Hall–Kier alpha value is -1.27. The first-order chi connectivity index (χ1) is 8.16. The van der Waals surface area contributed by atoms with Crippen LogP contribution in [0, 0.1) is 5.82 Å². The van der Waals surface area contributed by atoms with E-state index >= 15 is 0 Å². The molecule has 0 saturated heterocycles. The van der Waals surface area contributed by atoms with Crippen molar-refractivity contribution < 1.29 is 4.39 Å². The minimum Gasteiger partial charge on any atom is -0.367 e. The van der Waals surface area contributed by atoms with Crippen LogP contribution in [0.25, 0.3) is 0 Å². The predicted octanol–water partition coefficient (Wildman–Crippen LogP) is 2.94. The lowest BCUT2D eigenvalue weighted by Crippen LogP contribution is -2.12. The molecule has 2 heterocycles. The maximum absolute atomic E-state index is 13.3. The van der Waals surface area contributed by atoms with Gasteiger partial charge in [0.05, 0.1) is 11.2 Å². The average molecular weight is 273 g/mol. The summed E-state index contributed by atoms with van der Waals surface area (Å²) in [5.74, 6) is -0.211. The normalized spacial score (nSPS) is 12.4. The summed E-state index contributed by atoms with van der Waals surface area (Å²) < 4.78 is 13.3. The highest BCUT2D eigenvalue weighted by Crippen LogP contribution is 2.19. The molecule has 0 bridgehead atoms. The molecule has 1 N–H and O–H groups in total. The van der Waals surface area contributed by atoms with Gasteiger partial charge in [-0.05, 0) is 11.6 Å². The Morgan fingerprint density at radius 3 is 3.06 bits per heavy atom. The minimum absolute atomic E-state index is 0.0239. The zero-order chi connectivity index (χ0) is 12.3. The summed E-state index contributed by atoms with van der Waals surface area (Å²) in [6.07, 6.45) is 2.80. The van der Waals surface area contributed by atoms with Gasteiger partial charge < -0.3 is 5.32 Å². The van der Waals surface area contributed by atoms with E-state index < -0.39 is 5.82 Å². The molecule has 1 unspecified atom stereocenters. The number of rotatable bonds is 4. The standard InChI is InChI=1S/C10H10ClFN4S/c1-6(9-13-2-3-17-9)4-14-8-7(12)5-15-10(11)16-8/h2-3,5-6H,4H2,1H3,(H,14,15,16). The number of hydrogen-bond donors (Lipinski definition) is 1. The van der Waals surface area contributed by atoms with E-state index in [2.05, 4.69) is 20.3 Å². The monoisotopic (exact) mass is 272 g/mol. The molecule has 0 spiro atoms. The molecule has 0 fully saturated rings. The third-order valence-corrected chi connectivity index (χ3v) is 3.35. The zero-order valence-electron chi connectivity index (χ0n) is 9.02. The summed E-state index contributed by atoms with van der Waals surface area (Å²) in [7, 11) is 0. The van der Waals surface area contributed by atoms with Crippen LogP contribution in [-0.4, -0.2) is 21.5 Å². The highest BCUT2D eigenvalue weighted by molar-refractivity contribution is 7.09. The number of halogens is 2. The van der Waals surface area contributed by atoms with Crippen LogP contribution in [0.3, 0.4) is 0 Å². The van der Waals surface area contributed by atoms with Crippen molar-refractivity contribution in [3.05, 3.63) is 33.9 Å². The van der Waals surface area contributed by atoms with E-state index in [1.807, 2.05) is 12.3 Å². The first-order valence-corrected chi connectivity index (χ1v) is 6.24. The molecule has 2 aromatic rings. The summed E-state index contributed by atoms with van der Waals surface area (Å²) in [4.78, 5) is 11.5. The van der Waals surface area contributed by atoms with Gasteiger partial charge in [-0.1, -0.05) is 6.92 Å². The molecule has 17 heavy (non-hydrogen) atoms.